The fourth-order valence-electron chi connectivity index (χ4n) is 9.59. The summed E-state index contributed by atoms with van der Waals surface area (Å²) in [7, 11) is 17.5. The molecule has 0 heterocycles. The molecule has 50 heavy (non-hydrogen) atoms. The Bertz CT molecular complexity index is 2250. The van der Waals surface area contributed by atoms with Gasteiger partial charge in [-0.1, -0.05) is 0 Å². The molecule has 4 heteroatoms. The maximum absolute atomic E-state index is 8.75. The minimum atomic E-state index is -4.88. The molecule has 0 saturated carbocycles. The van der Waals surface area contributed by atoms with Crippen molar-refractivity contribution >= 4 is 56.6 Å². The number of halogens is 2. The van der Waals surface area contributed by atoms with E-state index in [2.05, 4.69) is 162 Å². The molecule has 0 aromatic heterocycles. The zero-order valence-corrected chi connectivity index (χ0v) is 35.1. The second-order valence-electron chi connectivity index (χ2n) is 15.0. The Morgan fingerprint density at radius 3 is 1.36 bits per heavy atom. The SMILES string of the molecule is CCC1=Cc2c(-c3c(C)ccc4ccccc34)cccc2[CH]1[Zr]([Cl])([Cl])([CH]1C(CC)=Cc2c(-c3c(C)ccc4ccccc34)cccc21)[SiH](C)C. The van der Waals surface area contributed by atoms with Gasteiger partial charge in [0.2, 0.25) is 0 Å². The third-order valence-corrected chi connectivity index (χ3v) is 64.0. The number of rotatable bonds is 7. The van der Waals surface area contributed by atoms with E-state index in [1.165, 1.54) is 88.3 Å². The molecule has 251 valence electrons. The van der Waals surface area contributed by atoms with Gasteiger partial charge in [-0.25, -0.2) is 0 Å². The van der Waals surface area contributed by atoms with Crippen molar-refractivity contribution in [3.63, 3.8) is 0 Å². The van der Waals surface area contributed by atoms with Gasteiger partial charge in [-0.15, -0.1) is 0 Å². The molecule has 0 aliphatic heterocycles. The number of fused-ring (bicyclic) bond motifs is 4. The van der Waals surface area contributed by atoms with Crippen LogP contribution in [0.5, 0.6) is 0 Å². The van der Waals surface area contributed by atoms with Crippen LogP contribution in [-0.2, 0) is 15.6 Å². The summed E-state index contributed by atoms with van der Waals surface area (Å²) in [5, 5.41) is 5.14. The minimum absolute atomic E-state index is 0.0792. The van der Waals surface area contributed by atoms with Gasteiger partial charge in [-0.3, -0.25) is 0 Å². The van der Waals surface area contributed by atoms with E-state index in [-0.39, 0.29) is 7.25 Å². The monoisotopic (exact) mass is 785 g/mol. The van der Waals surface area contributed by atoms with Gasteiger partial charge in [0, 0.05) is 0 Å². The summed E-state index contributed by atoms with van der Waals surface area (Å²) >= 11 is -4.88. The summed E-state index contributed by atoms with van der Waals surface area (Å²) < 4.78 is 0.158. The van der Waals surface area contributed by atoms with Gasteiger partial charge >= 0.3 is 309 Å². The molecule has 6 aromatic rings. The first-order valence-electron chi connectivity index (χ1n) is 18.3. The van der Waals surface area contributed by atoms with E-state index >= 15 is 0 Å². The molecule has 0 N–H and O–H groups in total. The Balaban J connectivity index is 1.36. The van der Waals surface area contributed by atoms with Crippen LogP contribution in [0.2, 0.25) is 13.1 Å². The summed E-state index contributed by atoms with van der Waals surface area (Å²) in [4.78, 5) is 0. The van der Waals surface area contributed by atoms with Crippen molar-refractivity contribution < 1.29 is 15.6 Å². The third kappa shape index (κ3) is 4.93. The van der Waals surface area contributed by atoms with Crippen molar-refractivity contribution in [2.75, 3.05) is 0 Å². The number of benzene rings is 6. The average molecular weight is 788 g/mol. The number of hydrogen-bond donors (Lipinski definition) is 0. The van der Waals surface area contributed by atoms with Crippen molar-refractivity contribution in [1.29, 1.82) is 0 Å². The number of hydrogen-bond acceptors (Lipinski definition) is 0. The molecule has 0 nitrogen and oxygen atoms in total. The Morgan fingerprint density at radius 1 is 0.540 bits per heavy atom. The van der Waals surface area contributed by atoms with Crippen molar-refractivity contribution in [3.05, 3.63) is 154 Å². The molecule has 0 spiro atoms. The zero-order valence-electron chi connectivity index (χ0n) is 29.9. The molecule has 0 radical (unpaired) electrons. The summed E-state index contributed by atoms with van der Waals surface area (Å²) in [6.45, 7) is 14.0. The Morgan fingerprint density at radius 2 is 0.960 bits per heavy atom. The van der Waals surface area contributed by atoms with Crippen LogP contribution >= 0.6 is 17.0 Å². The van der Waals surface area contributed by atoms with Crippen molar-refractivity contribution in [3.8, 4) is 22.3 Å². The first-order chi connectivity index (χ1) is 24.1. The Hall–Kier alpha value is -3.00. The standard InChI is InChI=1S/2C22H19.C2H7Si.2ClH.Zr/c2*1-3-16-13-18-8-6-10-20(21(18)14-16)22-15(2)11-12-17-7-4-5-9-19(17)22;1-3-2;;;/h2*4-14H,3H2,1-2H3;3H,1-2H3;2*1H;/q;;;;;+2/p-2. The van der Waals surface area contributed by atoms with Gasteiger partial charge in [0.05, 0.1) is 0 Å². The van der Waals surface area contributed by atoms with E-state index in [1.54, 1.807) is 0 Å². The van der Waals surface area contributed by atoms with Gasteiger partial charge < -0.3 is 0 Å². The Kier molecular flexibility index (Phi) is 8.59. The second kappa shape index (κ2) is 12.6. The molecule has 2 aliphatic carbocycles. The quantitative estimate of drug-likeness (QED) is 0.141. The van der Waals surface area contributed by atoms with Gasteiger partial charge in [-0.2, -0.15) is 0 Å². The van der Waals surface area contributed by atoms with Crippen LogP contribution in [0.3, 0.4) is 0 Å². The molecular weight excluding hydrogens is 743 g/mol. The first kappa shape index (κ1) is 34.1. The van der Waals surface area contributed by atoms with E-state index in [1.807, 2.05) is 0 Å². The molecule has 0 saturated heterocycles. The molecular formula is C46H45Cl2SiZr. The molecule has 0 amide bonds. The van der Waals surface area contributed by atoms with Gasteiger partial charge in [0.15, 0.2) is 0 Å². The second-order valence-corrected chi connectivity index (χ2v) is 57.5. The third-order valence-electron chi connectivity index (χ3n) is 12.1. The average Bonchev–Trinajstić information content (AvgIpc) is 3.72. The maximum atomic E-state index is 8.75. The topological polar surface area (TPSA) is 0 Å². The van der Waals surface area contributed by atoms with Crippen LogP contribution in [0, 0.1) is 13.8 Å². The van der Waals surface area contributed by atoms with Gasteiger partial charge in [-0.05, 0) is 0 Å². The summed E-state index contributed by atoms with van der Waals surface area (Å²) in [5.74, 6) is -1.66. The van der Waals surface area contributed by atoms with E-state index < -0.39 is 21.5 Å². The molecule has 6 aromatic carbocycles. The van der Waals surface area contributed by atoms with Crippen LogP contribution in [0.4, 0.5) is 0 Å². The molecule has 0 fully saturated rings. The van der Waals surface area contributed by atoms with Gasteiger partial charge in [0.1, 0.15) is 0 Å². The van der Waals surface area contributed by atoms with Crippen LogP contribution in [0.15, 0.2) is 120 Å². The van der Waals surface area contributed by atoms with E-state index in [9.17, 15) is 0 Å². The van der Waals surface area contributed by atoms with Crippen molar-refractivity contribution in [2.45, 2.75) is 60.9 Å². The predicted octanol–water partition coefficient (Wildman–Crippen LogP) is 14.3. The molecule has 2 atom stereocenters. The van der Waals surface area contributed by atoms with Crippen LogP contribution in [0.1, 0.15) is 67.3 Å². The number of allylic oxidation sites excluding steroid dienone is 2. The normalized spacial score (nSPS) is 17.8. The molecule has 8 rings (SSSR count). The summed E-state index contributed by atoms with van der Waals surface area (Å²) in [5.41, 5.74) is 16.0. The predicted molar refractivity (Wildman–Crippen MR) is 221 cm³/mol. The molecule has 2 aliphatic rings. The Labute approximate surface area is 306 Å². The van der Waals surface area contributed by atoms with Gasteiger partial charge in [0.25, 0.3) is 0 Å². The van der Waals surface area contributed by atoms with Crippen LogP contribution in [0.25, 0.3) is 56.0 Å². The van der Waals surface area contributed by atoms with Crippen LogP contribution < -0.4 is 0 Å². The van der Waals surface area contributed by atoms with Crippen LogP contribution in [-0.4, -0.2) is 5.92 Å². The molecule has 2 unspecified atom stereocenters. The summed E-state index contributed by atoms with van der Waals surface area (Å²) in [6, 6.07) is 40.5. The molecule has 0 bridgehead atoms. The summed E-state index contributed by atoms with van der Waals surface area (Å²) in [6.07, 6.45) is 6.87. The van der Waals surface area contributed by atoms with Crippen molar-refractivity contribution in [1.82, 2.24) is 0 Å². The number of aryl methyl sites for hydroxylation is 2. The zero-order chi connectivity index (χ0) is 35.0. The fraction of sp³-hybridized carbons (Fsp3) is 0.217. The first-order valence-corrected chi connectivity index (χ1v) is 34.6. The van der Waals surface area contributed by atoms with E-state index in [0.717, 1.165) is 12.8 Å². The fourth-order valence-corrected chi connectivity index (χ4v) is 41.4. The van der Waals surface area contributed by atoms with E-state index in [4.69, 9.17) is 17.0 Å². The van der Waals surface area contributed by atoms with Crippen molar-refractivity contribution in [2.24, 2.45) is 0 Å². The van der Waals surface area contributed by atoms with E-state index in [0.29, 0.717) is 0 Å².